The van der Waals surface area contributed by atoms with Crippen LogP contribution < -0.4 is 10.2 Å². The highest BCUT2D eigenvalue weighted by molar-refractivity contribution is 14.0. The summed E-state index contributed by atoms with van der Waals surface area (Å²) in [5.74, 6) is 2.66. The number of halogens is 1. The second-order valence-electron chi connectivity index (χ2n) is 7.00. The molecule has 146 valence electrons. The molecule has 7 heteroatoms. The van der Waals surface area contributed by atoms with Crippen molar-refractivity contribution >= 4 is 35.8 Å². The third-order valence-electron chi connectivity index (χ3n) is 4.90. The Labute approximate surface area is 174 Å². The van der Waals surface area contributed by atoms with E-state index in [4.69, 9.17) is 9.73 Å². The zero-order chi connectivity index (χ0) is 17.5. The predicted octanol–water partition coefficient (Wildman–Crippen LogP) is 2.73. The van der Waals surface area contributed by atoms with Crippen LogP contribution in [0.15, 0.2) is 23.3 Å². The van der Waals surface area contributed by atoms with Crippen LogP contribution in [0.3, 0.4) is 0 Å². The van der Waals surface area contributed by atoms with E-state index in [0.717, 1.165) is 63.2 Å². The average Bonchev–Trinajstić information content (AvgIpc) is 3.33. The number of anilines is 1. The Balaban J connectivity index is 0.00000243. The molecule has 1 aromatic rings. The fourth-order valence-corrected chi connectivity index (χ4v) is 3.48. The lowest BCUT2D eigenvalue weighted by Crippen LogP contribution is -2.41. The molecule has 3 heterocycles. The van der Waals surface area contributed by atoms with Crippen LogP contribution in [0.4, 0.5) is 5.82 Å². The summed E-state index contributed by atoms with van der Waals surface area (Å²) in [6.45, 7) is 8.63. The number of hydrogen-bond acceptors (Lipinski definition) is 4. The van der Waals surface area contributed by atoms with E-state index in [1.807, 2.05) is 6.20 Å². The summed E-state index contributed by atoms with van der Waals surface area (Å²) < 4.78 is 5.48. The minimum absolute atomic E-state index is 0. The van der Waals surface area contributed by atoms with E-state index in [9.17, 15) is 0 Å². The van der Waals surface area contributed by atoms with Gasteiger partial charge in [-0.05, 0) is 37.8 Å². The molecule has 0 aromatic carbocycles. The quantitative estimate of drug-likeness (QED) is 0.391. The van der Waals surface area contributed by atoms with Gasteiger partial charge in [0.25, 0.3) is 0 Å². The van der Waals surface area contributed by atoms with Gasteiger partial charge >= 0.3 is 0 Å². The fourth-order valence-electron chi connectivity index (χ4n) is 3.48. The number of rotatable bonds is 6. The van der Waals surface area contributed by atoms with Gasteiger partial charge in [-0.25, -0.2) is 9.98 Å². The van der Waals surface area contributed by atoms with Crippen LogP contribution in [-0.4, -0.2) is 62.3 Å². The van der Waals surface area contributed by atoms with Crippen LogP contribution in [0, 0.1) is 5.92 Å². The molecule has 2 fully saturated rings. The molecule has 6 nitrogen and oxygen atoms in total. The van der Waals surface area contributed by atoms with Crippen molar-refractivity contribution < 1.29 is 4.74 Å². The molecular formula is C19H32IN5O. The molecular weight excluding hydrogens is 441 g/mol. The second kappa shape index (κ2) is 10.9. The van der Waals surface area contributed by atoms with E-state index in [1.54, 1.807) is 0 Å². The molecule has 2 saturated heterocycles. The Morgan fingerprint density at radius 2 is 2.19 bits per heavy atom. The smallest absolute Gasteiger partial charge is 0.193 e. The SMILES string of the molecule is CCNC(=NCc1ccc(N2CCCC2)nc1)N(C)CC1CCOC1.I. The minimum Gasteiger partial charge on any atom is -0.381 e. The zero-order valence-electron chi connectivity index (χ0n) is 16.0. The van der Waals surface area contributed by atoms with Gasteiger partial charge in [0.05, 0.1) is 13.2 Å². The molecule has 0 amide bonds. The van der Waals surface area contributed by atoms with Crippen molar-refractivity contribution in [2.24, 2.45) is 10.9 Å². The summed E-state index contributed by atoms with van der Waals surface area (Å²) in [5.41, 5.74) is 1.15. The van der Waals surface area contributed by atoms with Gasteiger partial charge < -0.3 is 19.9 Å². The zero-order valence-corrected chi connectivity index (χ0v) is 18.3. The summed E-state index contributed by atoms with van der Waals surface area (Å²) in [4.78, 5) is 14.0. The Morgan fingerprint density at radius 1 is 1.38 bits per heavy atom. The van der Waals surface area contributed by atoms with Gasteiger partial charge in [0.1, 0.15) is 5.82 Å². The first-order valence-electron chi connectivity index (χ1n) is 9.53. The molecule has 26 heavy (non-hydrogen) atoms. The summed E-state index contributed by atoms with van der Waals surface area (Å²) in [5, 5.41) is 3.39. The first kappa shape index (κ1) is 21.2. The lowest BCUT2D eigenvalue weighted by Gasteiger charge is -2.24. The highest BCUT2D eigenvalue weighted by Gasteiger charge is 2.19. The molecule has 1 unspecified atom stereocenters. The normalized spacial score (nSPS) is 20.2. The van der Waals surface area contributed by atoms with E-state index >= 15 is 0 Å². The van der Waals surface area contributed by atoms with Crippen molar-refractivity contribution in [2.45, 2.75) is 32.7 Å². The van der Waals surface area contributed by atoms with Crippen molar-refractivity contribution in [3.63, 3.8) is 0 Å². The van der Waals surface area contributed by atoms with Gasteiger partial charge in [0.15, 0.2) is 5.96 Å². The number of aliphatic imine (C=N–C) groups is 1. The van der Waals surface area contributed by atoms with Crippen LogP contribution in [0.5, 0.6) is 0 Å². The third-order valence-corrected chi connectivity index (χ3v) is 4.90. The molecule has 2 aliphatic rings. The Morgan fingerprint density at radius 3 is 2.81 bits per heavy atom. The van der Waals surface area contributed by atoms with Crippen LogP contribution >= 0.6 is 24.0 Å². The average molecular weight is 473 g/mol. The molecule has 3 rings (SSSR count). The predicted molar refractivity (Wildman–Crippen MR) is 117 cm³/mol. The Bertz CT molecular complexity index is 554. The number of guanidine groups is 1. The standard InChI is InChI=1S/C19H31N5O.HI/c1-3-20-19(23(2)14-17-8-11-25-15-17)22-13-16-6-7-18(21-12-16)24-9-4-5-10-24;/h6-7,12,17H,3-5,8-11,13-15H2,1-2H3,(H,20,22);1H. The van der Waals surface area contributed by atoms with Crippen LogP contribution in [-0.2, 0) is 11.3 Å². The van der Waals surface area contributed by atoms with Gasteiger partial charge in [-0.15, -0.1) is 24.0 Å². The van der Waals surface area contributed by atoms with E-state index < -0.39 is 0 Å². The van der Waals surface area contributed by atoms with Crippen LogP contribution in [0.1, 0.15) is 31.7 Å². The van der Waals surface area contributed by atoms with E-state index in [0.29, 0.717) is 12.5 Å². The number of ether oxygens (including phenoxy) is 1. The van der Waals surface area contributed by atoms with Gasteiger partial charge in [-0.2, -0.15) is 0 Å². The molecule has 1 N–H and O–H groups in total. The third kappa shape index (κ3) is 5.97. The maximum Gasteiger partial charge on any atom is 0.193 e. The maximum absolute atomic E-state index is 5.48. The lowest BCUT2D eigenvalue weighted by atomic mass is 10.1. The Hall–Kier alpha value is -1.09. The number of pyridine rings is 1. The van der Waals surface area contributed by atoms with Crippen LogP contribution in [0.2, 0.25) is 0 Å². The number of hydrogen-bond donors (Lipinski definition) is 1. The van der Waals surface area contributed by atoms with Crippen molar-refractivity contribution in [3.8, 4) is 0 Å². The van der Waals surface area contributed by atoms with Crippen LogP contribution in [0.25, 0.3) is 0 Å². The van der Waals surface area contributed by atoms with Crippen molar-refractivity contribution in [1.29, 1.82) is 0 Å². The topological polar surface area (TPSA) is 53.0 Å². The summed E-state index contributed by atoms with van der Waals surface area (Å²) >= 11 is 0. The lowest BCUT2D eigenvalue weighted by molar-refractivity contribution is 0.181. The summed E-state index contributed by atoms with van der Waals surface area (Å²) in [7, 11) is 2.11. The molecule has 0 saturated carbocycles. The maximum atomic E-state index is 5.48. The number of nitrogens with one attached hydrogen (secondary N) is 1. The van der Waals surface area contributed by atoms with Gasteiger partial charge in [-0.1, -0.05) is 6.07 Å². The monoisotopic (exact) mass is 473 g/mol. The second-order valence-corrected chi connectivity index (χ2v) is 7.00. The largest absolute Gasteiger partial charge is 0.381 e. The highest BCUT2D eigenvalue weighted by Crippen LogP contribution is 2.18. The van der Waals surface area contributed by atoms with E-state index in [2.05, 4.69) is 46.2 Å². The molecule has 0 radical (unpaired) electrons. The summed E-state index contributed by atoms with van der Waals surface area (Å²) in [6.07, 6.45) is 5.66. The first-order valence-corrected chi connectivity index (χ1v) is 9.53. The molecule has 2 aliphatic heterocycles. The number of nitrogens with zero attached hydrogens (tertiary/aromatic N) is 4. The molecule has 0 aliphatic carbocycles. The van der Waals surface area contributed by atoms with Crippen molar-refractivity contribution in [3.05, 3.63) is 23.9 Å². The molecule has 1 aromatic heterocycles. The summed E-state index contributed by atoms with van der Waals surface area (Å²) in [6, 6.07) is 4.28. The van der Waals surface area contributed by atoms with Crippen molar-refractivity contribution in [2.75, 3.05) is 51.3 Å². The van der Waals surface area contributed by atoms with Gasteiger partial charge in [0, 0.05) is 51.9 Å². The molecule has 0 bridgehead atoms. The van der Waals surface area contributed by atoms with E-state index in [-0.39, 0.29) is 24.0 Å². The minimum atomic E-state index is 0. The highest BCUT2D eigenvalue weighted by atomic mass is 127. The number of aromatic nitrogens is 1. The van der Waals surface area contributed by atoms with Gasteiger partial charge in [-0.3, -0.25) is 0 Å². The first-order chi connectivity index (χ1) is 12.3. The molecule has 0 spiro atoms. The Kier molecular flexibility index (Phi) is 8.90. The molecule has 1 atom stereocenters. The fraction of sp³-hybridized carbons (Fsp3) is 0.684. The van der Waals surface area contributed by atoms with Gasteiger partial charge in [0.2, 0.25) is 0 Å². The van der Waals surface area contributed by atoms with Crippen molar-refractivity contribution in [1.82, 2.24) is 15.2 Å². The van der Waals surface area contributed by atoms with E-state index in [1.165, 1.54) is 12.8 Å².